The first-order valence-electron chi connectivity index (χ1n) is 6.68. The van der Waals surface area contributed by atoms with E-state index in [0.717, 1.165) is 22.0 Å². The van der Waals surface area contributed by atoms with E-state index < -0.39 is 0 Å². The van der Waals surface area contributed by atoms with E-state index in [2.05, 4.69) is 15.3 Å². The first kappa shape index (κ1) is 15.4. The van der Waals surface area contributed by atoms with Gasteiger partial charge in [0.25, 0.3) is 0 Å². The summed E-state index contributed by atoms with van der Waals surface area (Å²) in [5.41, 5.74) is 2.55. The number of carbonyl (C=O) groups is 1. The predicted molar refractivity (Wildman–Crippen MR) is 81.5 cm³/mol. The summed E-state index contributed by atoms with van der Waals surface area (Å²) >= 11 is 1.17. The van der Waals surface area contributed by atoms with Crippen molar-refractivity contribution < 1.29 is 4.79 Å². The highest BCUT2D eigenvalue weighted by molar-refractivity contribution is 7.09. The van der Waals surface area contributed by atoms with Gasteiger partial charge in [0.05, 0.1) is 11.4 Å². The second-order valence-corrected chi connectivity index (χ2v) is 6.01. The van der Waals surface area contributed by atoms with Crippen LogP contribution in [0.15, 0.2) is 17.2 Å². The van der Waals surface area contributed by atoms with Crippen molar-refractivity contribution in [1.82, 2.24) is 19.9 Å². The summed E-state index contributed by atoms with van der Waals surface area (Å²) in [7, 11) is 0. The van der Waals surface area contributed by atoms with Gasteiger partial charge in [-0.2, -0.15) is 0 Å². The van der Waals surface area contributed by atoms with Crippen LogP contribution >= 0.6 is 11.3 Å². The SMILES string of the molecule is Cc1cnc(CCNC(=O)Cn2c(C)c(C)sc2=O)cn1. The number of hydrogen-bond acceptors (Lipinski definition) is 5. The quantitative estimate of drug-likeness (QED) is 0.893. The van der Waals surface area contributed by atoms with Crippen LogP contribution < -0.4 is 10.2 Å². The van der Waals surface area contributed by atoms with Crippen LogP contribution in [-0.2, 0) is 17.8 Å². The summed E-state index contributed by atoms with van der Waals surface area (Å²) in [6.45, 7) is 6.15. The fourth-order valence-corrected chi connectivity index (χ4v) is 2.68. The second-order valence-electron chi connectivity index (χ2n) is 4.84. The molecule has 0 aliphatic rings. The lowest BCUT2D eigenvalue weighted by Gasteiger charge is -2.07. The van der Waals surface area contributed by atoms with Gasteiger partial charge in [0, 0.05) is 35.9 Å². The molecule has 0 aromatic carbocycles. The first-order valence-corrected chi connectivity index (χ1v) is 7.50. The molecule has 0 radical (unpaired) electrons. The maximum Gasteiger partial charge on any atom is 0.308 e. The minimum Gasteiger partial charge on any atom is -0.354 e. The molecule has 0 bridgehead atoms. The zero-order valence-electron chi connectivity index (χ0n) is 12.3. The van der Waals surface area contributed by atoms with Gasteiger partial charge in [-0.1, -0.05) is 11.3 Å². The molecule has 2 aromatic heterocycles. The summed E-state index contributed by atoms with van der Waals surface area (Å²) < 4.78 is 1.50. The van der Waals surface area contributed by atoms with Crippen molar-refractivity contribution in [3.63, 3.8) is 0 Å². The van der Waals surface area contributed by atoms with Crippen LogP contribution in [0.3, 0.4) is 0 Å². The molecule has 112 valence electrons. The van der Waals surface area contributed by atoms with Gasteiger partial charge in [0.15, 0.2) is 0 Å². The summed E-state index contributed by atoms with van der Waals surface area (Å²) in [6.07, 6.45) is 4.03. The van der Waals surface area contributed by atoms with Crippen LogP contribution in [0.4, 0.5) is 0 Å². The molecule has 0 atom stereocenters. The third-order valence-corrected chi connectivity index (χ3v) is 4.21. The molecule has 6 nitrogen and oxygen atoms in total. The van der Waals surface area contributed by atoms with E-state index in [9.17, 15) is 9.59 Å². The lowest BCUT2D eigenvalue weighted by molar-refractivity contribution is -0.121. The third kappa shape index (κ3) is 3.98. The van der Waals surface area contributed by atoms with Crippen molar-refractivity contribution in [2.45, 2.75) is 33.7 Å². The third-order valence-electron chi connectivity index (χ3n) is 3.21. The molecular formula is C14H18N4O2S. The van der Waals surface area contributed by atoms with Gasteiger partial charge in [-0.15, -0.1) is 0 Å². The van der Waals surface area contributed by atoms with Gasteiger partial charge in [-0.3, -0.25) is 24.1 Å². The normalized spacial score (nSPS) is 10.6. The highest BCUT2D eigenvalue weighted by Gasteiger charge is 2.11. The first-order chi connectivity index (χ1) is 9.97. The lowest BCUT2D eigenvalue weighted by Crippen LogP contribution is -2.32. The molecule has 0 aliphatic heterocycles. The summed E-state index contributed by atoms with van der Waals surface area (Å²) in [6, 6.07) is 0. The van der Waals surface area contributed by atoms with E-state index in [1.165, 1.54) is 15.9 Å². The van der Waals surface area contributed by atoms with E-state index >= 15 is 0 Å². The molecule has 0 unspecified atom stereocenters. The number of nitrogens with zero attached hydrogens (tertiary/aromatic N) is 3. The average molecular weight is 306 g/mol. The van der Waals surface area contributed by atoms with Gasteiger partial charge in [0.1, 0.15) is 6.54 Å². The minimum absolute atomic E-state index is 0.0641. The Kier molecular flexibility index (Phi) is 4.85. The summed E-state index contributed by atoms with van der Waals surface area (Å²) in [5.74, 6) is -0.168. The van der Waals surface area contributed by atoms with Crippen LogP contribution in [0.25, 0.3) is 0 Å². The van der Waals surface area contributed by atoms with Crippen molar-refractivity contribution in [2.75, 3.05) is 6.54 Å². The van der Waals surface area contributed by atoms with Crippen LogP contribution in [0.5, 0.6) is 0 Å². The molecule has 0 saturated carbocycles. The zero-order valence-corrected chi connectivity index (χ0v) is 13.2. The van der Waals surface area contributed by atoms with Crippen LogP contribution in [0.1, 0.15) is 22.0 Å². The minimum atomic E-state index is -0.168. The van der Waals surface area contributed by atoms with Gasteiger partial charge < -0.3 is 5.32 Å². The highest BCUT2D eigenvalue weighted by atomic mass is 32.1. The zero-order chi connectivity index (χ0) is 15.4. The number of aryl methyl sites for hydroxylation is 2. The van der Waals surface area contributed by atoms with Crippen molar-refractivity contribution in [3.05, 3.63) is 44.0 Å². The molecule has 2 heterocycles. The summed E-state index contributed by atoms with van der Waals surface area (Å²) in [5, 5.41) is 2.80. The van der Waals surface area contributed by atoms with Crippen molar-refractivity contribution in [3.8, 4) is 0 Å². The van der Waals surface area contributed by atoms with Gasteiger partial charge in [-0.25, -0.2) is 0 Å². The second kappa shape index (κ2) is 6.62. The van der Waals surface area contributed by atoms with Crippen molar-refractivity contribution in [1.29, 1.82) is 0 Å². The van der Waals surface area contributed by atoms with Crippen molar-refractivity contribution in [2.24, 2.45) is 0 Å². The summed E-state index contributed by atoms with van der Waals surface area (Å²) in [4.78, 5) is 32.8. The number of nitrogens with one attached hydrogen (secondary N) is 1. The Morgan fingerprint density at radius 3 is 2.62 bits per heavy atom. The predicted octanol–water partition coefficient (Wildman–Crippen LogP) is 0.984. The van der Waals surface area contributed by atoms with E-state index in [-0.39, 0.29) is 17.3 Å². The van der Waals surface area contributed by atoms with Crippen LogP contribution in [0, 0.1) is 20.8 Å². The maximum atomic E-state index is 11.9. The number of aromatic nitrogens is 3. The molecule has 0 spiro atoms. The van der Waals surface area contributed by atoms with Crippen LogP contribution in [0.2, 0.25) is 0 Å². The molecule has 0 aliphatic carbocycles. The Balaban J connectivity index is 1.85. The molecule has 2 rings (SSSR count). The molecule has 2 aromatic rings. The van der Waals surface area contributed by atoms with E-state index in [1.807, 2.05) is 20.8 Å². The largest absolute Gasteiger partial charge is 0.354 e. The maximum absolute atomic E-state index is 11.9. The number of rotatable bonds is 5. The molecule has 1 amide bonds. The monoisotopic (exact) mass is 306 g/mol. The number of amides is 1. The van der Waals surface area contributed by atoms with E-state index in [1.54, 1.807) is 12.4 Å². The molecule has 21 heavy (non-hydrogen) atoms. The van der Waals surface area contributed by atoms with E-state index in [0.29, 0.717) is 13.0 Å². The fraction of sp³-hybridized carbons (Fsp3) is 0.429. The molecular weight excluding hydrogens is 288 g/mol. The Labute approximate surface area is 126 Å². The Morgan fingerprint density at radius 1 is 1.29 bits per heavy atom. The number of carbonyl (C=O) groups excluding carboxylic acids is 1. The smallest absolute Gasteiger partial charge is 0.308 e. The number of hydrogen-bond donors (Lipinski definition) is 1. The van der Waals surface area contributed by atoms with Gasteiger partial charge in [-0.05, 0) is 20.8 Å². The van der Waals surface area contributed by atoms with E-state index in [4.69, 9.17) is 0 Å². The topological polar surface area (TPSA) is 76.9 Å². The van der Waals surface area contributed by atoms with Gasteiger partial charge in [0.2, 0.25) is 5.91 Å². The Morgan fingerprint density at radius 2 is 2.05 bits per heavy atom. The Hall–Kier alpha value is -2.02. The molecule has 0 fully saturated rings. The average Bonchev–Trinajstić information content (AvgIpc) is 2.68. The Bertz CT molecular complexity index is 688. The molecule has 0 saturated heterocycles. The van der Waals surface area contributed by atoms with Gasteiger partial charge >= 0.3 is 4.87 Å². The lowest BCUT2D eigenvalue weighted by atomic mass is 10.3. The van der Waals surface area contributed by atoms with Crippen LogP contribution in [-0.4, -0.2) is 27.0 Å². The fourth-order valence-electron chi connectivity index (χ4n) is 1.85. The molecule has 7 heteroatoms. The standard InChI is InChI=1S/C14H18N4O2S/c1-9-6-17-12(7-16-9)4-5-15-13(19)8-18-10(2)11(3)21-14(18)20/h6-7H,4-5,8H2,1-3H3,(H,15,19). The highest BCUT2D eigenvalue weighted by Crippen LogP contribution is 2.08. The molecule has 1 N–H and O–H groups in total. The van der Waals surface area contributed by atoms with Crippen molar-refractivity contribution >= 4 is 17.2 Å². The number of thiazole rings is 1.